The van der Waals surface area contributed by atoms with E-state index in [1.54, 1.807) is 38.1 Å². The van der Waals surface area contributed by atoms with Gasteiger partial charge in [0.1, 0.15) is 5.76 Å². The summed E-state index contributed by atoms with van der Waals surface area (Å²) in [6.45, 7) is 4.60. The average molecular weight is 473 g/mol. The number of amides is 1. The molecule has 1 atom stereocenters. The van der Waals surface area contributed by atoms with Crippen LogP contribution in [0.25, 0.3) is 5.76 Å². The molecule has 0 radical (unpaired) electrons. The summed E-state index contributed by atoms with van der Waals surface area (Å²) in [5, 5.41) is 11.1. The quantitative estimate of drug-likeness (QED) is 0.342. The number of carbonyl (C=O) groups excluding carboxylic acids is 2. The van der Waals surface area contributed by atoms with Gasteiger partial charge in [0, 0.05) is 32.3 Å². The molecule has 0 unspecified atom stereocenters. The molecule has 2 aromatic carbocycles. The second-order valence-corrected chi connectivity index (χ2v) is 9.45. The van der Waals surface area contributed by atoms with Crippen LogP contribution in [0.5, 0.6) is 0 Å². The molecule has 0 aliphatic carbocycles. The molecule has 0 bridgehead atoms. The maximum absolute atomic E-state index is 12.9. The first-order chi connectivity index (χ1) is 15.8. The summed E-state index contributed by atoms with van der Waals surface area (Å²) in [5.41, 5.74) is 0.885. The van der Waals surface area contributed by atoms with Crippen molar-refractivity contribution in [2.75, 3.05) is 33.4 Å². The molecule has 1 N–H and O–H groups in total. The Morgan fingerprint density at radius 2 is 1.64 bits per heavy atom. The molecule has 1 heterocycles. The summed E-state index contributed by atoms with van der Waals surface area (Å²) in [4.78, 5) is 27.1. The number of nitrogens with zero attached hydrogens (tertiary/aromatic N) is 2. The summed E-state index contributed by atoms with van der Waals surface area (Å²) in [5.74, 6) is -1.87. The van der Waals surface area contributed by atoms with E-state index in [2.05, 4.69) is 0 Å². The van der Waals surface area contributed by atoms with Gasteiger partial charge in [-0.3, -0.25) is 9.59 Å². The zero-order valence-electron chi connectivity index (χ0n) is 18.9. The number of Topliss-reactive ketones (excluding diaryl/α,β-unsaturated/α-hetero) is 1. The van der Waals surface area contributed by atoms with Crippen LogP contribution < -0.4 is 0 Å². The number of ketones is 1. The van der Waals surface area contributed by atoms with Crippen molar-refractivity contribution in [3.8, 4) is 0 Å². The Morgan fingerprint density at radius 1 is 1.03 bits per heavy atom. The van der Waals surface area contributed by atoms with Crippen LogP contribution in [0.4, 0.5) is 0 Å². The number of likely N-dealkylation sites (tertiary alicyclic amines) is 1. The molecule has 1 saturated heterocycles. The molecule has 33 heavy (non-hydrogen) atoms. The van der Waals surface area contributed by atoms with Crippen LogP contribution in [0.15, 0.2) is 65.1 Å². The van der Waals surface area contributed by atoms with Crippen LogP contribution in [-0.2, 0) is 24.3 Å². The highest BCUT2D eigenvalue weighted by atomic mass is 32.2. The number of aliphatic hydroxyl groups is 1. The van der Waals surface area contributed by atoms with E-state index in [1.807, 2.05) is 6.07 Å². The van der Waals surface area contributed by atoms with Gasteiger partial charge in [0.2, 0.25) is 10.0 Å². The van der Waals surface area contributed by atoms with Gasteiger partial charge in [-0.15, -0.1) is 0 Å². The fourth-order valence-corrected chi connectivity index (χ4v) is 5.39. The first kappa shape index (κ1) is 24.6. The minimum absolute atomic E-state index is 0.0401. The zero-order chi connectivity index (χ0) is 24.2. The van der Waals surface area contributed by atoms with Crippen LogP contribution in [0.2, 0.25) is 0 Å². The predicted molar refractivity (Wildman–Crippen MR) is 124 cm³/mol. The van der Waals surface area contributed by atoms with Crippen molar-refractivity contribution in [3.63, 3.8) is 0 Å². The summed E-state index contributed by atoms with van der Waals surface area (Å²) in [7, 11) is -2.16. The average Bonchev–Trinajstić information content (AvgIpc) is 3.08. The van der Waals surface area contributed by atoms with Gasteiger partial charge in [0.15, 0.2) is 0 Å². The van der Waals surface area contributed by atoms with Crippen molar-refractivity contribution < 1.29 is 27.9 Å². The van der Waals surface area contributed by atoms with Gasteiger partial charge in [0.25, 0.3) is 11.7 Å². The number of rotatable bonds is 9. The second kappa shape index (κ2) is 10.3. The van der Waals surface area contributed by atoms with E-state index in [0.717, 1.165) is 0 Å². The van der Waals surface area contributed by atoms with E-state index in [9.17, 15) is 23.1 Å². The Labute approximate surface area is 194 Å². The molecule has 8 nitrogen and oxygen atoms in total. The summed E-state index contributed by atoms with van der Waals surface area (Å²) in [6.07, 6.45) is 0. The van der Waals surface area contributed by atoms with Gasteiger partial charge in [0.05, 0.1) is 23.1 Å². The molecule has 1 fully saturated rings. The summed E-state index contributed by atoms with van der Waals surface area (Å²) in [6, 6.07) is 13.8. The first-order valence-corrected chi connectivity index (χ1v) is 12.1. The molecule has 0 saturated carbocycles. The SMILES string of the molecule is CCN(CC)S(=O)(=O)c1ccc(/C(O)=C2\C(=O)C(=O)N(CCOC)[C@H]2c2ccccc2)cc1. The lowest BCUT2D eigenvalue weighted by Gasteiger charge is -2.25. The minimum Gasteiger partial charge on any atom is -0.507 e. The molecule has 176 valence electrons. The number of sulfonamides is 1. The van der Waals surface area contributed by atoms with Crippen molar-refractivity contribution in [2.45, 2.75) is 24.8 Å². The smallest absolute Gasteiger partial charge is 0.295 e. The van der Waals surface area contributed by atoms with Crippen LogP contribution in [0.3, 0.4) is 0 Å². The van der Waals surface area contributed by atoms with E-state index >= 15 is 0 Å². The molecule has 3 rings (SSSR count). The summed E-state index contributed by atoms with van der Waals surface area (Å²) < 4.78 is 31.9. The molecule has 1 amide bonds. The number of ether oxygens (including phenoxy) is 1. The van der Waals surface area contributed by atoms with Gasteiger partial charge in [-0.05, 0) is 29.8 Å². The third kappa shape index (κ3) is 4.71. The van der Waals surface area contributed by atoms with Gasteiger partial charge in [-0.1, -0.05) is 44.2 Å². The molecule has 0 spiro atoms. The van der Waals surface area contributed by atoms with Crippen LogP contribution >= 0.6 is 0 Å². The standard InChI is InChI=1S/C24H28N2O6S/c1-4-25(5-2)33(30,31)19-13-11-18(12-14-19)22(27)20-21(17-9-7-6-8-10-17)26(15-16-32-3)24(29)23(20)28/h6-14,21,27H,4-5,15-16H2,1-3H3/b22-20+/t21-/m0/s1. The van der Waals surface area contributed by atoms with Crippen molar-refractivity contribution in [2.24, 2.45) is 0 Å². The molecule has 0 aromatic heterocycles. The fourth-order valence-electron chi connectivity index (χ4n) is 3.94. The molecule has 1 aliphatic heterocycles. The van der Waals surface area contributed by atoms with Crippen molar-refractivity contribution >= 4 is 27.5 Å². The number of aliphatic hydroxyl groups excluding tert-OH is 1. The monoisotopic (exact) mass is 472 g/mol. The third-order valence-electron chi connectivity index (χ3n) is 5.66. The van der Waals surface area contributed by atoms with Gasteiger partial charge < -0.3 is 14.7 Å². The van der Waals surface area contributed by atoms with E-state index in [4.69, 9.17) is 4.74 Å². The maximum Gasteiger partial charge on any atom is 0.295 e. The third-order valence-corrected chi connectivity index (χ3v) is 7.73. The highest BCUT2D eigenvalue weighted by Crippen LogP contribution is 2.39. The Balaban J connectivity index is 2.07. The number of methoxy groups -OCH3 is 1. The molecular weight excluding hydrogens is 444 g/mol. The lowest BCUT2D eigenvalue weighted by atomic mass is 9.95. The summed E-state index contributed by atoms with van der Waals surface area (Å²) >= 11 is 0. The Morgan fingerprint density at radius 3 is 2.18 bits per heavy atom. The second-order valence-electron chi connectivity index (χ2n) is 7.51. The highest BCUT2D eigenvalue weighted by molar-refractivity contribution is 7.89. The number of benzene rings is 2. The number of carbonyl (C=O) groups is 2. The molecule has 1 aliphatic rings. The van der Waals surface area contributed by atoms with E-state index in [0.29, 0.717) is 18.7 Å². The van der Waals surface area contributed by atoms with Crippen molar-refractivity contribution in [3.05, 3.63) is 71.3 Å². The topological polar surface area (TPSA) is 104 Å². The Hall–Kier alpha value is -3.01. The van der Waals surface area contributed by atoms with Gasteiger partial charge in [-0.25, -0.2) is 8.42 Å². The lowest BCUT2D eigenvalue weighted by Crippen LogP contribution is -2.32. The van der Waals surface area contributed by atoms with E-state index < -0.39 is 27.8 Å². The number of hydrogen-bond donors (Lipinski definition) is 1. The van der Waals surface area contributed by atoms with Crippen molar-refractivity contribution in [1.29, 1.82) is 0 Å². The Kier molecular flexibility index (Phi) is 7.68. The van der Waals surface area contributed by atoms with Crippen LogP contribution in [0.1, 0.15) is 31.0 Å². The minimum atomic E-state index is -3.66. The molecule has 9 heteroatoms. The Bertz CT molecular complexity index is 1140. The van der Waals surface area contributed by atoms with E-state index in [-0.39, 0.29) is 34.9 Å². The molecule has 2 aromatic rings. The fraction of sp³-hybridized carbons (Fsp3) is 0.333. The van der Waals surface area contributed by atoms with Crippen molar-refractivity contribution in [1.82, 2.24) is 9.21 Å². The van der Waals surface area contributed by atoms with E-state index in [1.165, 1.54) is 40.6 Å². The first-order valence-electron chi connectivity index (χ1n) is 10.7. The lowest BCUT2D eigenvalue weighted by molar-refractivity contribution is -0.140. The maximum atomic E-state index is 12.9. The number of hydrogen-bond acceptors (Lipinski definition) is 6. The van der Waals surface area contributed by atoms with Gasteiger partial charge >= 0.3 is 0 Å². The van der Waals surface area contributed by atoms with Crippen LogP contribution in [0, 0.1) is 0 Å². The highest BCUT2D eigenvalue weighted by Gasteiger charge is 2.45. The normalized spacial score (nSPS) is 18.3. The zero-order valence-corrected chi connectivity index (χ0v) is 19.7. The predicted octanol–water partition coefficient (Wildman–Crippen LogP) is 2.79. The van der Waals surface area contributed by atoms with Gasteiger partial charge in [-0.2, -0.15) is 4.31 Å². The largest absolute Gasteiger partial charge is 0.507 e. The molecular formula is C24H28N2O6S. The van der Waals surface area contributed by atoms with Crippen LogP contribution in [-0.4, -0.2) is 67.8 Å².